The lowest BCUT2D eigenvalue weighted by Crippen LogP contribution is -2.19. The maximum absolute atomic E-state index is 13.2. The Kier molecular flexibility index (Phi) is 7.46. The molecule has 3 heterocycles. The van der Waals surface area contributed by atoms with Crippen molar-refractivity contribution in [3.05, 3.63) is 79.3 Å². The number of hydrogen-bond donors (Lipinski definition) is 3. The Morgan fingerprint density at radius 1 is 1.11 bits per heavy atom. The number of rotatable bonds is 7. The Morgan fingerprint density at radius 3 is 2.57 bits per heavy atom. The highest BCUT2D eigenvalue weighted by Crippen LogP contribution is 2.35. The van der Waals surface area contributed by atoms with E-state index in [0.717, 1.165) is 11.3 Å². The Hall–Kier alpha value is -3.31. The third-order valence-corrected chi connectivity index (χ3v) is 6.85. The van der Waals surface area contributed by atoms with Gasteiger partial charge in [0, 0.05) is 35.2 Å². The zero-order valence-corrected chi connectivity index (χ0v) is 21.1. The van der Waals surface area contributed by atoms with Gasteiger partial charge in [-0.1, -0.05) is 34.8 Å². The summed E-state index contributed by atoms with van der Waals surface area (Å²) in [7, 11) is 1.40. The monoisotopic (exact) mass is 550 g/mol. The van der Waals surface area contributed by atoms with Gasteiger partial charge in [0.2, 0.25) is 0 Å². The predicted octanol–water partition coefficient (Wildman–Crippen LogP) is 5.44. The van der Waals surface area contributed by atoms with Gasteiger partial charge in [0.05, 0.1) is 35.0 Å². The minimum absolute atomic E-state index is 0.0681. The summed E-state index contributed by atoms with van der Waals surface area (Å²) in [5.74, 6) is -0.303. The molecule has 35 heavy (non-hydrogen) atoms. The average molecular weight is 552 g/mol. The summed E-state index contributed by atoms with van der Waals surface area (Å²) in [5, 5.41) is 8.06. The lowest BCUT2D eigenvalue weighted by molar-refractivity contribution is 0.102. The standard InChI is InChI=1S/C22H17Cl3N6O3S/c1-34-15-7-13(24)6-14(20(32)29-16-3-2-12(23)8-28-16)18(15)30-21(33)19-17(25)11(10-35-19)9-31-5-4-27-22(31)26/h2-8,10H,9H2,1H3,(H2,26,27)(H,30,33)(H,28,29,32). The fourth-order valence-electron chi connectivity index (χ4n) is 3.15. The maximum atomic E-state index is 13.2. The average Bonchev–Trinajstić information content (AvgIpc) is 3.41. The number of ether oxygens (including phenoxy) is 1. The summed E-state index contributed by atoms with van der Waals surface area (Å²) in [6.45, 7) is 0.348. The van der Waals surface area contributed by atoms with Crippen LogP contribution >= 0.6 is 46.1 Å². The first kappa shape index (κ1) is 24.8. The van der Waals surface area contributed by atoms with E-state index in [-0.39, 0.29) is 37.7 Å². The molecule has 2 amide bonds. The van der Waals surface area contributed by atoms with Crippen molar-refractivity contribution in [1.82, 2.24) is 14.5 Å². The molecule has 0 radical (unpaired) electrons. The van der Waals surface area contributed by atoms with E-state index < -0.39 is 11.8 Å². The smallest absolute Gasteiger partial charge is 0.267 e. The van der Waals surface area contributed by atoms with Crippen LogP contribution in [0.1, 0.15) is 25.6 Å². The lowest BCUT2D eigenvalue weighted by atomic mass is 10.1. The minimum atomic E-state index is -0.565. The molecule has 0 unspecified atom stereocenters. The normalized spacial score (nSPS) is 10.7. The molecule has 0 bridgehead atoms. The number of nitrogens with zero attached hydrogens (tertiary/aromatic N) is 3. The second-order valence-electron chi connectivity index (χ2n) is 7.12. The Balaban J connectivity index is 1.62. The van der Waals surface area contributed by atoms with Crippen LogP contribution in [0.15, 0.2) is 48.2 Å². The second kappa shape index (κ2) is 10.5. The van der Waals surface area contributed by atoms with Gasteiger partial charge in [0.1, 0.15) is 16.4 Å². The Labute approximate surface area is 218 Å². The predicted molar refractivity (Wildman–Crippen MR) is 138 cm³/mol. The third kappa shape index (κ3) is 5.51. The van der Waals surface area contributed by atoms with Gasteiger partial charge in [-0.15, -0.1) is 11.3 Å². The zero-order valence-electron chi connectivity index (χ0n) is 18.0. The number of methoxy groups -OCH3 is 1. The van der Waals surface area contributed by atoms with Crippen molar-refractivity contribution in [2.24, 2.45) is 0 Å². The summed E-state index contributed by atoms with van der Waals surface area (Å²) in [5.41, 5.74) is 6.71. The molecule has 0 fully saturated rings. The van der Waals surface area contributed by atoms with Crippen molar-refractivity contribution < 1.29 is 14.3 Å². The van der Waals surface area contributed by atoms with Gasteiger partial charge in [0.25, 0.3) is 11.8 Å². The number of benzene rings is 1. The number of carbonyl (C=O) groups excluding carboxylic acids is 2. The highest BCUT2D eigenvalue weighted by molar-refractivity contribution is 7.13. The molecule has 1 aromatic carbocycles. The Morgan fingerprint density at radius 2 is 1.91 bits per heavy atom. The van der Waals surface area contributed by atoms with Crippen LogP contribution in [0, 0.1) is 0 Å². The molecule has 180 valence electrons. The van der Waals surface area contributed by atoms with Crippen molar-refractivity contribution in [2.75, 3.05) is 23.5 Å². The number of hydrogen-bond acceptors (Lipinski definition) is 7. The summed E-state index contributed by atoms with van der Waals surface area (Å²) in [6, 6.07) is 6.02. The van der Waals surface area contributed by atoms with Crippen LogP contribution in [-0.2, 0) is 6.54 Å². The molecule has 9 nitrogen and oxygen atoms in total. The summed E-state index contributed by atoms with van der Waals surface area (Å²) in [4.78, 5) is 34.5. The van der Waals surface area contributed by atoms with Crippen LogP contribution in [0.4, 0.5) is 17.5 Å². The number of anilines is 3. The van der Waals surface area contributed by atoms with Crippen LogP contribution in [0.3, 0.4) is 0 Å². The van der Waals surface area contributed by atoms with Gasteiger partial charge in [-0.2, -0.15) is 0 Å². The molecule has 4 N–H and O–H groups in total. The topological polar surface area (TPSA) is 124 Å². The molecular formula is C22H17Cl3N6O3S. The van der Waals surface area contributed by atoms with E-state index >= 15 is 0 Å². The number of carbonyl (C=O) groups is 2. The molecule has 0 saturated carbocycles. The SMILES string of the molecule is COc1cc(Cl)cc(C(=O)Nc2ccc(Cl)cn2)c1NC(=O)c1scc(Cn2ccnc2N)c1Cl. The number of imidazole rings is 1. The number of pyridine rings is 1. The number of nitrogens with one attached hydrogen (secondary N) is 2. The fraction of sp³-hybridized carbons (Fsp3) is 0.0909. The first-order valence-electron chi connectivity index (χ1n) is 9.91. The lowest BCUT2D eigenvalue weighted by Gasteiger charge is -2.15. The van der Waals surface area contributed by atoms with Crippen molar-refractivity contribution in [1.29, 1.82) is 0 Å². The number of halogens is 3. The van der Waals surface area contributed by atoms with E-state index in [1.807, 2.05) is 0 Å². The Bertz CT molecular complexity index is 1400. The minimum Gasteiger partial charge on any atom is -0.494 e. The van der Waals surface area contributed by atoms with Crippen LogP contribution in [0.2, 0.25) is 15.1 Å². The van der Waals surface area contributed by atoms with E-state index in [4.69, 9.17) is 45.3 Å². The van der Waals surface area contributed by atoms with Gasteiger partial charge in [-0.3, -0.25) is 9.59 Å². The van der Waals surface area contributed by atoms with Crippen molar-refractivity contribution in [3.63, 3.8) is 0 Å². The van der Waals surface area contributed by atoms with Gasteiger partial charge < -0.3 is 25.7 Å². The number of nitrogen functional groups attached to an aromatic ring is 1. The zero-order chi connectivity index (χ0) is 25.1. The number of aromatic nitrogens is 3. The largest absolute Gasteiger partial charge is 0.494 e. The highest BCUT2D eigenvalue weighted by atomic mass is 35.5. The van der Waals surface area contributed by atoms with Gasteiger partial charge in [-0.25, -0.2) is 9.97 Å². The van der Waals surface area contributed by atoms with Crippen molar-refractivity contribution in [3.8, 4) is 5.75 Å². The summed E-state index contributed by atoms with van der Waals surface area (Å²) >= 11 is 19.7. The first-order chi connectivity index (χ1) is 16.8. The molecule has 0 aliphatic rings. The molecule has 3 aromatic heterocycles. The van der Waals surface area contributed by atoms with E-state index in [2.05, 4.69) is 20.6 Å². The van der Waals surface area contributed by atoms with Crippen LogP contribution in [0.25, 0.3) is 0 Å². The highest BCUT2D eigenvalue weighted by Gasteiger charge is 2.23. The van der Waals surface area contributed by atoms with Crippen LogP contribution in [0.5, 0.6) is 5.75 Å². The molecule has 0 spiro atoms. The third-order valence-electron chi connectivity index (χ3n) is 4.83. The fourth-order valence-corrected chi connectivity index (χ4v) is 4.72. The van der Waals surface area contributed by atoms with Gasteiger partial charge in [0.15, 0.2) is 5.95 Å². The quantitative estimate of drug-likeness (QED) is 0.281. The molecule has 0 aliphatic heterocycles. The molecule has 0 aliphatic carbocycles. The van der Waals surface area contributed by atoms with Crippen molar-refractivity contribution in [2.45, 2.75) is 6.54 Å². The van der Waals surface area contributed by atoms with Crippen LogP contribution in [-0.4, -0.2) is 33.5 Å². The van der Waals surface area contributed by atoms with Gasteiger partial charge in [-0.05, 0) is 23.6 Å². The van der Waals surface area contributed by atoms with E-state index in [9.17, 15) is 9.59 Å². The van der Waals surface area contributed by atoms with Gasteiger partial charge >= 0.3 is 0 Å². The number of nitrogens with two attached hydrogens (primary N) is 1. The first-order valence-corrected chi connectivity index (χ1v) is 11.9. The van der Waals surface area contributed by atoms with E-state index in [0.29, 0.717) is 23.1 Å². The van der Waals surface area contributed by atoms with E-state index in [1.54, 1.807) is 34.5 Å². The molecule has 0 atom stereocenters. The second-order valence-corrected chi connectivity index (χ2v) is 9.25. The van der Waals surface area contributed by atoms with Crippen LogP contribution < -0.4 is 21.1 Å². The molecule has 0 saturated heterocycles. The number of amides is 2. The van der Waals surface area contributed by atoms with E-state index in [1.165, 1.54) is 25.4 Å². The number of thiophene rings is 1. The van der Waals surface area contributed by atoms with Crippen molar-refractivity contribution >= 4 is 75.4 Å². The summed E-state index contributed by atoms with van der Waals surface area (Å²) < 4.78 is 7.07. The maximum Gasteiger partial charge on any atom is 0.267 e. The summed E-state index contributed by atoms with van der Waals surface area (Å²) in [6.07, 6.45) is 4.68. The molecular weight excluding hydrogens is 535 g/mol. The molecule has 4 rings (SSSR count). The molecule has 4 aromatic rings. The molecule has 13 heteroatoms.